The maximum Gasteiger partial charge on any atom is 0.0956 e. The van der Waals surface area contributed by atoms with E-state index in [9.17, 15) is 9.50 Å². The van der Waals surface area contributed by atoms with Crippen molar-refractivity contribution in [3.05, 3.63) is 11.6 Å². The Hall–Kier alpha value is -0.370. The van der Waals surface area contributed by atoms with Gasteiger partial charge in [0.25, 0.3) is 0 Å². The Kier molecular flexibility index (Phi) is 3.95. The zero-order chi connectivity index (χ0) is 17.2. The van der Waals surface area contributed by atoms with E-state index >= 15 is 0 Å². The zero-order valence-electron chi connectivity index (χ0n) is 15.8. The fraction of sp³-hybridized carbons (Fsp3) is 0.909. The molecule has 4 rings (SSSR count). The molecular formula is C22H35FO. The van der Waals surface area contributed by atoms with Gasteiger partial charge in [-0.25, -0.2) is 0 Å². The molecule has 0 bridgehead atoms. The lowest BCUT2D eigenvalue weighted by molar-refractivity contribution is -0.155. The van der Waals surface area contributed by atoms with Crippen LogP contribution in [-0.4, -0.2) is 17.4 Å². The molecule has 1 unspecified atom stereocenters. The fourth-order valence-corrected chi connectivity index (χ4v) is 7.81. The van der Waals surface area contributed by atoms with Gasteiger partial charge in [-0.3, -0.25) is 4.39 Å². The normalized spacial score (nSPS) is 55.8. The van der Waals surface area contributed by atoms with Crippen LogP contribution in [0.1, 0.15) is 78.6 Å². The molecule has 2 heteroatoms. The Morgan fingerprint density at radius 1 is 1.08 bits per heavy atom. The monoisotopic (exact) mass is 334 g/mol. The Labute approximate surface area is 147 Å². The smallest absolute Gasteiger partial charge is 0.0956 e. The summed E-state index contributed by atoms with van der Waals surface area (Å²) >= 11 is 0. The van der Waals surface area contributed by atoms with Crippen molar-refractivity contribution in [2.75, 3.05) is 6.67 Å². The van der Waals surface area contributed by atoms with Gasteiger partial charge in [-0.1, -0.05) is 18.6 Å². The van der Waals surface area contributed by atoms with Crippen LogP contribution in [0.3, 0.4) is 0 Å². The molecule has 0 aromatic rings. The average molecular weight is 335 g/mol. The summed E-state index contributed by atoms with van der Waals surface area (Å²) in [4.78, 5) is 0. The van der Waals surface area contributed by atoms with E-state index in [0.717, 1.165) is 37.5 Å². The molecule has 24 heavy (non-hydrogen) atoms. The Balaban J connectivity index is 1.66. The topological polar surface area (TPSA) is 20.2 Å². The van der Waals surface area contributed by atoms with Gasteiger partial charge in [0.05, 0.1) is 12.3 Å². The molecule has 4 aliphatic carbocycles. The zero-order valence-corrected chi connectivity index (χ0v) is 15.8. The van der Waals surface area contributed by atoms with Gasteiger partial charge in [0, 0.05) is 5.41 Å². The molecule has 0 aromatic heterocycles. The van der Waals surface area contributed by atoms with E-state index < -0.39 is 5.60 Å². The third-order valence-corrected chi connectivity index (χ3v) is 9.10. The lowest BCUT2D eigenvalue weighted by atomic mass is 9.44. The molecule has 1 N–H and O–H groups in total. The predicted octanol–water partition coefficient (Wildman–Crippen LogP) is 5.68. The van der Waals surface area contributed by atoms with Crippen LogP contribution < -0.4 is 0 Å². The minimum Gasteiger partial charge on any atom is -0.390 e. The van der Waals surface area contributed by atoms with Crippen LogP contribution in [0.5, 0.6) is 0 Å². The summed E-state index contributed by atoms with van der Waals surface area (Å²) in [7, 11) is 0. The third-order valence-electron chi connectivity index (χ3n) is 9.10. The Morgan fingerprint density at radius 3 is 2.58 bits per heavy atom. The molecule has 7 atom stereocenters. The number of halogens is 1. The maximum absolute atomic E-state index is 14.5. The highest BCUT2D eigenvalue weighted by Crippen LogP contribution is 2.68. The summed E-state index contributed by atoms with van der Waals surface area (Å²) in [6, 6.07) is 0. The van der Waals surface area contributed by atoms with Crippen molar-refractivity contribution in [2.24, 2.45) is 34.5 Å². The van der Waals surface area contributed by atoms with Gasteiger partial charge in [0.15, 0.2) is 0 Å². The van der Waals surface area contributed by atoms with Gasteiger partial charge in [0.2, 0.25) is 0 Å². The van der Waals surface area contributed by atoms with E-state index in [2.05, 4.69) is 19.9 Å². The summed E-state index contributed by atoms with van der Waals surface area (Å²) in [5, 5.41) is 10.5. The quantitative estimate of drug-likeness (QED) is 0.612. The average Bonchev–Trinajstić information content (AvgIpc) is 2.90. The SMILES string of the molecule is CC=C1CC[C@H]2[C@@H]3CCC4C[C@](C)(O)CC[C@]4(CF)[C@H]3CC[C@]12C. The lowest BCUT2D eigenvalue weighted by Gasteiger charge is -2.61. The van der Waals surface area contributed by atoms with E-state index in [1.54, 1.807) is 5.57 Å². The van der Waals surface area contributed by atoms with E-state index in [1.807, 2.05) is 6.92 Å². The predicted molar refractivity (Wildman–Crippen MR) is 96.4 cm³/mol. The van der Waals surface area contributed by atoms with Crippen molar-refractivity contribution in [2.45, 2.75) is 84.2 Å². The van der Waals surface area contributed by atoms with Crippen molar-refractivity contribution in [3.8, 4) is 0 Å². The van der Waals surface area contributed by atoms with Crippen LogP contribution in [0.2, 0.25) is 0 Å². The summed E-state index contributed by atoms with van der Waals surface area (Å²) < 4.78 is 14.5. The number of allylic oxidation sites excluding steroid dienone is 2. The first kappa shape index (κ1) is 17.1. The molecule has 0 saturated heterocycles. The number of hydrogen-bond acceptors (Lipinski definition) is 1. The van der Waals surface area contributed by atoms with Gasteiger partial charge in [-0.2, -0.15) is 0 Å². The molecule has 0 aromatic carbocycles. The highest BCUT2D eigenvalue weighted by molar-refractivity contribution is 5.24. The summed E-state index contributed by atoms with van der Waals surface area (Å²) in [5.74, 6) is 2.46. The fourth-order valence-electron chi connectivity index (χ4n) is 7.81. The van der Waals surface area contributed by atoms with E-state index in [1.165, 1.54) is 32.1 Å². The van der Waals surface area contributed by atoms with Crippen molar-refractivity contribution >= 4 is 0 Å². The second-order valence-electron chi connectivity index (χ2n) is 10.0. The van der Waals surface area contributed by atoms with E-state index in [0.29, 0.717) is 17.3 Å². The second kappa shape index (κ2) is 5.56. The van der Waals surface area contributed by atoms with Gasteiger partial charge in [0.1, 0.15) is 0 Å². The molecule has 1 nitrogen and oxygen atoms in total. The first-order valence-corrected chi connectivity index (χ1v) is 10.3. The third kappa shape index (κ3) is 2.20. The summed E-state index contributed by atoms with van der Waals surface area (Å²) in [5.41, 5.74) is 1.38. The van der Waals surface area contributed by atoms with Crippen molar-refractivity contribution in [1.82, 2.24) is 0 Å². The van der Waals surface area contributed by atoms with Gasteiger partial charge < -0.3 is 5.11 Å². The first-order valence-electron chi connectivity index (χ1n) is 10.3. The lowest BCUT2D eigenvalue weighted by Crippen LogP contribution is -2.57. The van der Waals surface area contributed by atoms with Gasteiger partial charge in [-0.15, -0.1) is 0 Å². The van der Waals surface area contributed by atoms with E-state index in [-0.39, 0.29) is 12.1 Å². The van der Waals surface area contributed by atoms with Crippen LogP contribution in [0.4, 0.5) is 4.39 Å². The van der Waals surface area contributed by atoms with Crippen LogP contribution in [-0.2, 0) is 0 Å². The number of alkyl halides is 1. The standard InChI is InChI=1S/C22H35FO/c1-4-15-6-8-18-17-7-5-16-13-20(2,24)11-12-22(16,14-23)19(17)9-10-21(15,18)3/h4,16-19,24H,5-14H2,1-3H3/t16?,17-,18-,19-,20+,21+,22+/m0/s1. The van der Waals surface area contributed by atoms with Crippen molar-refractivity contribution in [1.29, 1.82) is 0 Å². The highest BCUT2D eigenvalue weighted by atomic mass is 19.1. The molecule has 0 spiro atoms. The highest BCUT2D eigenvalue weighted by Gasteiger charge is 2.61. The maximum atomic E-state index is 14.5. The Bertz CT molecular complexity index is 538. The van der Waals surface area contributed by atoms with Crippen molar-refractivity contribution < 1.29 is 9.50 Å². The Morgan fingerprint density at radius 2 is 1.88 bits per heavy atom. The van der Waals surface area contributed by atoms with Crippen molar-refractivity contribution in [3.63, 3.8) is 0 Å². The number of aliphatic hydroxyl groups is 1. The largest absolute Gasteiger partial charge is 0.390 e. The van der Waals surface area contributed by atoms with E-state index in [4.69, 9.17) is 0 Å². The summed E-state index contributed by atoms with van der Waals surface area (Å²) in [6.07, 6.45) is 12.3. The molecule has 4 fully saturated rings. The minimum absolute atomic E-state index is 0.120. The molecule has 0 aliphatic heterocycles. The number of fused-ring (bicyclic) bond motifs is 5. The molecular weight excluding hydrogens is 299 g/mol. The van der Waals surface area contributed by atoms with Crippen LogP contribution in [0, 0.1) is 34.5 Å². The number of rotatable bonds is 1. The molecule has 4 aliphatic rings. The minimum atomic E-state index is -0.565. The van der Waals surface area contributed by atoms with Crippen LogP contribution in [0.25, 0.3) is 0 Å². The molecule has 136 valence electrons. The van der Waals surface area contributed by atoms with Gasteiger partial charge in [-0.05, 0) is 101 Å². The van der Waals surface area contributed by atoms with Crippen LogP contribution >= 0.6 is 0 Å². The summed E-state index contributed by atoms with van der Waals surface area (Å²) in [6.45, 7) is 6.51. The molecule has 0 radical (unpaired) electrons. The molecule has 4 saturated carbocycles. The first-order chi connectivity index (χ1) is 11.4. The van der Waals surface area contributed by atoms with Crippen LogP contribution in [0.15, 0.2) is 11.6 Å². The van der Waals surface area contributed by atoms with Gasteiger partial charge >= 0.3 is 0 Å². The number of hydrogen-bond donors (Lipinski definition) is 1. The molecule has 0 amide bonds. The second-order valence-corrected chi connectivity index (χ2v) is 10.0. The molecule has 0 heterocycles.